The Morgan fingerprint density at radius 3 is 2.75 bits per heavy atom. The summed E-state index contributed by atoms with van der Waals surface area (Å²) in [5.41, 5.74) is 5.91. The third kappa shape index (κ3) is 3.33. The monoisotopic (exact) mass is 429 g/mol. The molecule has 32 heavy (non-hydrogen) atoms. The number of hydrogen-bond donors (Lipinski definition) is 0. The lowest BCUT2D eigenvalue weighted by molar-refractivity contribution is 0.174. The Balaban J connectivity index is 1.39. The fraction of sp³-hybridized carbons (Fsp3) is 0.292. The highest BCUT2D eigenvalue weighted by Crippen LogP contribution is 2.38. The first-order valence-corrected chi connectivity index (χ1v) is 10.8. The van der Waals surface area contributed by atoms with Crippen molar-refractivity contribution in [3.63, 3.8) is 0 Å². The minimum absolute atomic E-state index is 0.200. The van der Waals surface area contributed by atoms with Crippen molar-refractivity contribution in [2.45, 2.75) is 32.4 Å². The molecule has 2 aromatic heterocycles. The average molecular weight is 429 g/mol. The Hall–Kier alpha value is -3.65. The van der Waals surface area contributed by atoms with Gasteiger partial charge in [0, 0.05) is 23.9 Å². The molecule has 6 rings (SSSR count). The van der Waals surface area contributed by atoms with Crippen molar-refractivity contribution in [3.05, 3.63) is 71.7 Å². The van der Waals surface area contributed by atoms with E-state index in [1.807, 2.05) is 48.0 Å². The summed E-state index contributed by atoms with van der Waals surface area (Å²) in [6, 6.07) is 16.4. The number of rotatable bonds is 5. The summed E-state index contributed by atoms with van der Waals surface area (Å²) >= 11 is 0. The van der Waals surface area contributed by atoms with E-state index in [2.05, 4.69) is 33.5 Å². The van der Waals surface area contributed by atoms with Gasteiger partial charge < -0.3 is 9.47 Å². The molecule has 1 saturated heterocycles. The van der Waals surface area contributed by atoms with Gasteiger partial charge in [-0.2, -0.15) is 5.10 Å². The molecular formula is C24H23N5O3. The van der Waals surface area contributed by atoms with Gasteiger partial charge in [0.15, 0.2) is 11.5 Å². The molecule has 162 valence electrons. The van der Waals surface area contributed by atoms with Crippen LogP contribution in [-0.2, 0) is 6.54 Å². The van der Waals surface area contributed by atoms with Gasteiger partial charge in [0.1, 0.15) is 11.4 Å². The Morgan fingerprint density at radius 2 is 1.91 bits per heavy atom. The second kappa shape index (κ2) is 7.80. The van der Waals surface area contributed by atoms with Crippen molar-refractivity contribution in [2.75, 3.05) is 13.3 Å². The first-order valence-electron chi connectivity index (χ1n) is 10.8. The van der Waals surface area contributed by atoms with Crippen LogP contribution in [0.3, 0.4) is 0 Å². The molecule has 0 bridgehead atoms. The van der Waals surface area contributed by atoms with Crippen LogP contribution in [0.1, 0.15) is 35.8 Å². The first kappa shape index (κ1) is 19.1. The van der Waals surface area contributed by atoms with E-state index in [1.54, 1.807) is 0 Å². The number of ether oxygens (including phenoxy) is 2. The quantitative estimate of drug-likeness (QED) is 0.468. The van der Waals surface area contributed by atoms with Gasteiger partial charge in [-0.1, -0.05) is 28.5 Å². The lowest BCUT2D eigenvalue weighted by Crippen LogP contribution is -2.23. The Bertz CT molecular complexity index is 1250. The van der Waals surface area contributed by atoms with Crippen molar-refractivity contribution >= 4 is 0 Å². The topological polar surface area (TPSA) is 78.4 Å². The SMILES string of the molecule is Cc1nonc1[C@@H]1CCCN1Cc1cn(-c2ccccc2)nc1-c1ccc2c(c1)OCO2. The molecule has 2 aliphatic rings. The molecule has 1 fully saturated rings. The summed E-state index contributed by atoms with van der Waals surface area (Å²) in [6.07, 6.45) is 4.28. The molecular weight excluding hydrogens is 406 g/mol. The predicted molar refractivity (Wildman–Crippen MR) is 117 cm³/mol. The number of hydrogen-bond acceptors (Lipinski definition) is 7. The van der Waals surface area contributed by atoms with Crippen molar-refractivity contribution < 1.29 is 14.1 Å². The number of aryl methyl sites for hydroxylation is 1. The van der Waals surface area contributed by atoms with Gasteiger partial charge in [-0.15, -0.1) is 0 Å². The maximum Gasteiger partial charge on any atom is 0.231 e. The number of para-hydroxylation sites is 1. The van der Waals surface area contributed by atoms with E-state index in [4.69, 9.17) is 19.2 Å². The summed E-state index contributed by atoms with van der Waals surface area (Å²) in [6.45, 7) is 3.96. The van der Waals surface area contributed by atoms with Crippen LogP contribution in [0.4, 0.5) is 0 Å². The number of nitrogens with zero attached hydrogens (tertiary/aromatic N) is 5. The minimum Gasteiger partial charge on any atom is -0.454 e. The molecule has 0 N–H and O–H groups in total. The van der Waals surface area contributed by atoms with E-state index in [0.717, 1.165) is 71.3 Å². The highest BCUT2D eigenvalue weighted by Gasteiger charge is 2.31. The van der Waals surface area contributed by atoms with Crippen molar-refractivity contribution in [1.82, 2.24) is 25.0 Å². The van der Waals surface area contributed by atoms with Gasteiger partial charge in [-0.3, -0.25) is 4.90 Å². The van der Waals surface area contributed by atoms with Crippen LogP contribution in [0.2, 0.25) is 0 Å². The summed E-state index contributed by atoms with van der Waals surface area (Å²) < 4.78 is 18.0. The molecule has 2 aliphatic heterocycles. The van der Waals surface area contributed by atoms with E-state index < -0.39 is 0 Å². The van der Waals surface area contributed by atoms with E-state index in [1.165, 1.54) is 0 Å². The van der Waals surface area contributed by atoms with E-state index in [9.17, 15) is 0 Å². The van der Waals surface area contributed by atoms with E-state index in [0.29, 0.717) is 0 Å². The third-order valence-electron chi connectivity index (χ3n) is 6.20. The van der Waals surface area contributed by atoms with Crippen LogP contribution in [-0.4, -0.2) is 38.3 Å². The number of likely N-dealkylation sites (tertiary alicyclic amines) is 1. The number of benzene rings is 2. The lowest BCUT2D eigenvalue weighted by atomic mass is 10.1. The minimum atomic E-state index is 0.200. The molecule has 4 heterocycles. The standard InChI is InChI=1S/C24H23N5O3/c1-16-23(27-32-26-16)20-8-5-11-28(20)13-18-14-29(19-6-3-2-4-7-19)25-24(18)17-9-10-21-22(12-17)31-15-30-21/h2-4,6-7,9-10,12,14,20H,5,8,11,13,15H2,1H3/t20-/m0/s1. The fourth-order valence-electron chi connectivity index (χ4n) is 4.61. The largest absolute Gasteiger partial charge is 0.454 e. The normalized spacial score (nSPS) is 17.8. The summed E-state index contributed by atoms with van der Waals surface area (Å²) in [5, 5.41) is 13.1. The highest BCUT2D eigenvalue weighted by atomic mass is 16.7. The molecule has 0 spiro atoms. The molecule has 2 aromatic carbocycles. The molecule has 0 radical (unpaired) electrons. The second-order valence-corrected chi connectivity index (χ2v) is 8.21. The highest BCUT2D eigenvalue weighted by molar-refractivity contribution is 5.67. The van der Waals surface area contributed by atoms with Crippen LogP contribution in [0.25, 0.3) is 16.9 Å². The van der Waals surface area contributed by atoms with Crippen molar-refractivity contribution in [3.8, 4) is 28.4 Å². The average Bonchev–Trinajstić information content (AvgIpc) is 3.61. The molecule has 0 amide bonds. The number of aromatic nitrogens is 4. The van der Waals surface area contributed by atoms with Crippen LogP contribution in [0, 0.1) is 6.92 Å². The van der Waals surface area contributed by atoms with Gasteiger partial charge in [0.2, 0.25) is 6.79 Å². The molecule has 8 nitrogen and oxygen atoms in total. The first-order chi connectivity index (χ1) is 15.8. The van der Waals surface area contributed by atoms with Crippen molar-refractivity contribution in [2.24, 2.45) is 0 Å². The predicted octanol–water partition coefficient (Wildman–Crippen LogP) is 4.30. The van der Waals surface area contributed by atoms with Crippen molar-refractivity contribution in [1.29, 1.82) is 0 Å². The lowest BCUT2D eigenvalue weighted by Gasteiger charge is -2.22. The zero-order valence-corrected chi connectivity index (χ0v) is 17.8. The molecule has 4 aromatic rings. The molecule has 1 atom stereocenters. The van der Waals surface area contributed by atoms with Gasteiger partial charge in [-0.05, 0) is 56.6 Å². The zero-order valence-electron chi connectivity index (χ0n) is 17.8. The van der Waals surface area contributed by atoms with Gasteiger partial charge >= 0.3 is 0 Å². The molecule has 0 aliphatic carbocycles. The molecule has 8 heteroatoms. The van der Waals surface area contributed by atoms with E-state index >= 15 is 0 Å². The maximum atomic E-state index is 5.61. The van der Waals surface area contributed by atoms with Crippen LogP contribution in [0.15, 0.2) is 59.4 Å². The molecule has 0 unspecified atom stereocenters. The molecule has 0 saturated carbocycles. The summed E-state index contributed by atoms with van der Waals surface area (Å²) in [5.74, 6) is 1.53. The fourth-order valence-corrected chi connectivity index (χ4v) is 4.61. The Labute approximate surface area is 185 Å². The third-order valence-corrected chi connectivity index (χ3v) is 6.20. The smallest absolute Gasteiger partial charge is 0.231 e. The van der Waals surface area contributed by atoms with Gasteiger partial charge in [0.25, 0.3) is 0 Å². The van der Waals surface area contributed by atoms with Crippen LogP contribution in [0.5, 0.6) is 11.5 Å². The maximum absolute atomic E-state index is 5.61. The van der Waals surface area contributed by atoms with Gasteiger partial charge in [0.05, 0.1) is 17.4 Å². The Kier molecular flexibility index (Phi) is 4.65. The summed E-state index contributed by atoms with van der Waals surface area (Å²) in [7, 11) is 0. The van der Waals surface area contributed by atoms with Gasteiger partial charge in [-0.25, -0.2) is 9.31 Å². The summed E-state index contributed by atoms with van der Waals surface area (Å²) in [4.78, 5) is 2.44. The van der Waals surface area contributed by atoms with Crippen LogP contribution >= 0.6 is 0 Å². The number of fused-ring (bicyclic) bond motifs is 1. The second-order valence-electron chi connectivity index (χ2n) is 8.21. The van der Waals surface area contributed by atoms with Crippen LogP contribution < -0.4 is 9.47 Å². The Morgan fingerprint density at radius 1 is 1.03 bits per heavy atom. The van der Waals surface area contributed by atoms with E-state index in [-0.39, 0.29) is 12.8 Å². The zero-order chi connectivity index (χ0) is 21.5.